The van der Waals surface area contributed by atoms with Crippen LogP contribution in [0.4, 0.5) is 0 Å². The average molecular weight is 186 g/mol. The summed E-state index contributed by atoms with van der Waals surface area (Å²) in [7, 11) is 1.73. The van der Waals surface area contributed by atoms with E-state index in [1.165, 1.54) is 6.92 Å². The summed E-state index contributed by atoms with van der Waals surface area (Å²) in [5, 5.41) is 5.56. The Morgan fingerprint density at radius 2 is 2.00 bits per heavy atom. The molecule has 0 rings (SSSR count). The summed E-state index contributed by atoms with van der Waals surface area (Å²) >= 11 is 0. The van der Waals surface area contributed by atoms with Gasteiger partial charge in [-0.3, -0.25) is 9.59 Å². The molecular weight excluding hydrogens is 168 g/mol. The van der Waals surface area contributed by atoms with Crippen molar-refractivity contribution in [3.63, 3.8) is 0 Å². The maximum absolute atomic E-state index is 11.0. The van der Waals surface area contributed by atoms with Gasteiger partial charge in [0.1, 0.15) is 5.78 Å². The van der Waals surface area contributed by atoms with Crippen molar-refractivity contribution in [1.29, 1.82) is 0 Å². The van der Waals surface area contributed by atoms with E-state index in [1.54, 1.807) is 7.05 Å². The standard InChI is InChI=1S/C9H18N2O2/c1-4-11-9(13)6-5-8(10-3)7(2)12/h8,10H,4-6H2,1-3H3,(H,11,13). The fourth-order valence-electron chi connectivity index (χ4n) is 1.11. The SMILES string of the molecule is CCNC(=O)CCC(NC)C(C)=O. The van der Waals surface area contributed by atoms with E-state index in [-0.39, 0.29) is 17.7 Å². The molecule has 0 saturated carbocycles. The lowest BCUT2D eigenvalue weighted by Crippen LogP contribution is -2.34. The Hall–Kier alpha value is -0.900. The van der Waals surface area contributed by atoms with Crippen LogP contribution in [0.5, 0.6) is 0 Å². The zero-order valence-corrected chi connectivity index (χ0v) is 8.52. The van der Waals surface area contributed by atoms with Gasteiger partial charge in [-0.1, -0.05) is 0 Å². The minimum atomic E-state index is -0.192. The van der Waals surface area contributed by atoms with E-state index in [0.29, 0.717) is 19.4 Å². The summed E-state index contributed by atoms with van der Waals surface area (Å²) in [4.78, 5) is 22.0. The first-order valence-electron chi connectivity index (χ1n) is 4.56. The van der Waals surface area contributed by atoms with E-state index >= 15 is 0 Å². The number of Topliss-reactive ketones (excluding diaryl/α,β-unsaturated/α-hetero) is 1. The number of amides is 1. The summed E-state index contributed by atoms with van der Waals surface area (Å²) in [6, 6.07) is -0.192. The number of carbonyl (C=O) groups excluding carboxylic acids is 2. The van der Waals surface area contributed by atoms with Gasteiger partial charge in [-0.15, -0.1) is 0 Å². The molecule has 0 aliphatic heterocycles. The van der Waals surface area contributed by atoms with E-state index in [9.17, 15) is 9.59 Å². The number of likely N-dealkylation sites (N-methyl/N-ethyl adjacent to an activating group) is 1. The fraction of sp³-hybridized carbons (Fsp3) is 0.778. The van der Waals surface area contributed by atoms with Gasteiger partial charge in [0.05, 0.1) is 6.04 Å². The molecule has 0 aliphatic rings. The smallest absolute Gasteiger partial charge is 0.220 e. The highest BCUT2D eigenvalue weighted by molar-refractivity contribution is 5.82. The molecule has 1 amide bonds. The number of hydrogen-bond acceptors (Lipinski definition) is 3. The van der Waals surface area contributed by atoms with E-state index < -0.39 is 0 Å². The summed E-state index contributed by atoms with van der Waals surface area (Å²) in [5.41, 5.74) is 0. The van der Waals surface area contributed by atoms with Crippen molar-refractivity contribution < 1.29 is 9.59 Å². The van der Waals surface area contributed by atoms with Crippen LogP contribution in [-0.4, -0.2) is 31.3 Å². The molecule has 2 N–H and O–H groups in total. The van der Waals surface area contributed by atoms with Crippen LogP contribution >= 0.6 is 0 Å². The lowest BCUT2D eigenvalue weighted by Gasteiger charge is -2.11. The van der Waals surface area contributed by atoms with Crippen LogP contribution in [0.2, 0.25) is 0 Å². The highest BCUT2D eigenvalue weighted by Gasteiger charge is 2.12. The van der Waals surface area contributed by atoms with Gasteiger partial charge in [-0.05, 0) is 27.3 Å². The van der Waals surface area contributed by atoms with Gasteiger partial charge in [0.2, 0.25) is 5.91 Å². The van der Waals surface area contributed by atoms with Gasteiger partial charge >= 0.3 is 0 Å². The van der Waals surface area contributed by atoms with Crippen LogP contribution < -0.4 is 10.6 Å². The first-order valence-corrected chi connectivity index (χ1v) is 4.56. The first-order chi connectivity index (χ1) is 6.11. The summed E-state index contributed by atoms with van der Waals surface area (Å²) in [5.74, 6) is 0.0794. The van der Waals surface area contributed by atoms with Crippen molar-refractivity contribution >= 4 is 11.7 Å². The fourth-order valence-corrected chi connectivity index (χ4v) is 1.11. The minimum absolute atomic E-state index is 0.00370. The molecule has 0 spiro atoms. The molecule has 0 saturated heterocycles. The lowest BCUT2D eigenvalue weighted by molar-refractivity contribution is -0.121. The summed E-state index contributed by atoms with van der Waals surface area (Å²) < 4.78 is 0. The van der Waals surface area contributed by atoms with Crippen molar-refractivity contribution in [2.24, 2.45) is 0 Å². The molecule has 0 heterocycles. The van der Waals surface area contributed by atoms with E-state index in [1.807, 2.05) is 6.92 Å². The molecule has 0 aliphatic carbocycles. The Morgan fingerprint density at radius 1 is 1.38 bits per heavy atom. The van der Waals surface area contributed by atoms with Crippen molar-refractivity contribution in [3.8, 4) is 0 Å². The number of rotatable bonds is 6. The van der Waals surface area contributed by atoms with Gasteiger partial charge < -0.3 is 10.6 Å². The molecule has 1 atom stereocenters. The molecule has 13 heavy (non-hydrogen) atoms. The maximum Gasteiger partial charge on any atom is 0.220 e. The molecule has 0 aromatic rings. The largest absolute Gasteiger partial charge is 0.356 e. The quantitative estimate of drug-likeness (QED) is 0.617. The molecular formula is C9H18N2O2. The number of carbonyl (C=O) groups is 2. The van der Waals surface area contributed by atoms with Crippen LogP contribution in [-0.2, 0) is 9.59 Å². The second-order valence-corrected chi connectivity index (χ2v) is 2.94. The molecule has 76 valence electrons. The minimum Gasteiger partial charge on any atom is -0.356 e. The highest BCUT2D eigenvalue weighted by Crippen LogP contribution is 1.97. The molecule has 0 fully saturated rings. The van der Waals surface area contributed by atoms with Gasteiger partial charge in [0, 0.05) is 13.0 Å². The van der Waals surface area contributed by atoms with Crippen LogP contribution in [0.15, 0.2) is 0 Å². The molecule has 0 radical (unpaired) electrons. The van der Waals surface area contributed by atoms with Crippen molar-refractivity contribution in [2.75, 3.05) is 13.6 Å². The molecule has 0 aromatic carbocycles. The third-order valence-corrected chi connectivity index (χ3v) is 1.87. The van der Waals surface area contributed by atoms with Crippen molar-refractivity contribution in [1.82, 2.24) is 10.6 Å². The van der Waals surface area contributed by atoms with Crippen LogP contribution in [0, 0.1) is 0 Å². The van der Waals surface area contributed by atoms with Gasteiger partial charge in [-0.25, -0.2) is 0 Å². The highest BCUT2D eigenvalue weighted by atomic mass is 16.1. The van der Waals surface area contributed by atoms with Gasteiger partial charge in [-0.2, -0.15) is 0 Å². The number of hydrogen-bond donors (Lipinski definition) is 2. The Balaban J connectivity index is 3.72. The molecule has 0 aromatic heterocycles. The van der Waals surface area contributed by atoms with Crippen LogP contribution in [0.1, 0.15) is 26.7 Å². The number of nitrogens with one attached hydrogen (secondary N) is 2. The van der Waals surface area contributed by atoms with E-state index in [0.717, 1.165) is 0 Å². The Kier molecular flexibility index (Phi) is 6.14. The monoisotopic (exact) mass is 186 g/mol. The third kappa shape index (κ3) is 5.36. The van der Waals surface area contributed by atoms with Crippen LogP contribution in [0.25, 0.3) is 0 Å². The Morgan fingerprint density at radius 3 is 2.38 bits per heavy atom. The predicted molar refractivity (Wildman–Crippen MR) is 51.4 cm³/mol. The molecule has 1 unspecified atom stereocenters. The lowest BCUT2D eigenvalue weighted by atomic mass is 10.1. The summed E-state index contributed by atoms with van der Waals surface area (Å²) in [6.45, 7) is 4.04. The normalized spacial score (nSPS) is 12.2. The topological polar surface area (TPSA) is 58.2 Å². The second kappa shape index (κ2) is 6.60. The molecule has 4 nitrogen and oxygen atoms in total. The zero-order valence-electron chi connectivity index (χ0n) is 8.52. The second-order valence-electron chi connectivity index (χ2n) is 2.94. The van der Waals surface area contributed by atoms with E-state index in [4.69, 9.17) is 0 Å². The van der Waals surface area contributed by atoms with Gasteiger partial charge in [0.15, 0.2) is 0 Å². The maximum atomic E-state index is 11.0. The van der Waals surface area contributed by atoms with Crippen LogP contribution in [0.3, 0.4) is 0 Å². The molecule has 0 bridgehead atoms. The van der Waals surface area contributed by atoms with Crippen molar-refractivity contribution in [3.05, 3.63) is 0 Å². The van der Waals surface area contributed by atoms with Crippen molar-refractivity contribution in [2.45, 2.75) is 32.7 Å². The summed E-state index contributed by atoms with van der Waals surface area (Å²) in [6.07, 6.45) is 0.969. The Labute approximate surface area is 79.1 Å². The number of ketones is 1. The average Bonchev–Trinajstić information content (AvgIpc) is 2.05. The third-order valence-electron chi connectivity index (χ3n) is 1.87. The zero-order chi connectivity index (χ0) is 10.3. The molecule has 4 heteroatoms. The van der Waals surface area contributed by atoms with Gasteiger partial charge in [0.25, 0.3) is 0 Å². The first kappa shape index (κ1) is 12.1. The van der Waals surface area contributed by atoms with E-state index in [2.05, 4.69) is 10.6 Å². The predicted octanol–water partition coefficient (Wildman–Crippen LogP) is 0.0797. The Bertz CT molecular complexity index is 180.